The Hall–Kier alpha value is -1.02. The molecule has 0 heterocycles. The fourth-order valence-electron chi connectivity index (χ4n) is 1.42. The average molecular weight is 240 g/mol. The van der Waals surface area contributed by atoms with Crippen molar-refractivity contribution in [3.05, 3.63) is 34.9 Å². The van der Waals surface area contributed by atoms with Crippen LogP contribution in [0.4, 0.5) is 0 Å². The van der Waals surface area contributed by atoms with Gasteiger partial charge in [-0.3, -0.25) is 4.79 Å². The van der Waals surface area contributed by atoms with Crippen LogP contribution in [0.25, 0.3) is 0 Å². The number of rotatable bonds is 6. The molecule has 0 saturated carbocycles. The van der Waals surface area contributed by atoms with Gasteiger partial charge in [-0.15, -0.1) is 0 Å². The van der Waals surface area contributed by atoms with E-state index in [9.17, 15) is 4.79 Å². The Bertz CT molecular complexity index is 321. The number of halogens is 1. The van der Waals surface area contributed by atoms with E-state index in [2.05, 4.69) is 12.2 Å². The zero-order chi connectivity index (χ0) is 11.8. The van der Waals surface area contributed by atoms with E-state index in [0.717, 1.165) is 24.3 Å². The van der Waals surface area contributed by atoms with Crippen LogP contribution in [0.2, 0.25) is 5.02 Å². The average Bonchev–Trinajstić information content (AvgIpc) is 2.29. The van der Waals surface area contributed by atoms with E-state index in [1.807, 2.05) is 24.3 Å². The van der Waals surface area contributed by atoms with Crippen LogP contribution < -0.4 is 5.32 Å². The van der Waals surface area contributed by atoms with Crippen LogP contribution in [0.5, 0.6) is 0 Å². The number of hydrogen-bond acceptors (Lipinski definition) is 1. The van der Waals surface area contributed by atoms with Gasteiger partial charge in [0.1, 0.15) is 0 Å². The van der Waals surface area contributed by atoms with Gasteiger partial charge in [0.2, 0.25) is 5.91 Å². The molecule has 1 aromatic rings. The Kier molecular flexibility index (Phi) is 5.94. The molecule has 0 aromatic heterocycles. The molecule has 2 nitrogen and oxygen atoms in total. The van der Waals surface area contributed by atoms with Crippen molar-refractivity contribution in [1.29, 1.82) is 0 Å². The number of nitrogens with one attached hydrogen (secondary N) is 1. The van der Waals surface area contributed by atoms with E-state index in [-0.39, 0.29) is 5.91 Å². The standard InChI is InChI=1S/C13H18ClNO/c1-2-3-4-13(16)15-10-9-11-5-7-12(14)8-6-11/h5-8H,2-4,9-10H2,1H3,(H,15,16). The number of amides is 1. The monoisotopic (exact) mass is 239 g/mol. The van der Waals surface area contributed by atoms with Crippen LogP contribution in [0, 0.1) is 0 Å². The van der Waals surface area contributed by atoms with Gasteiger partial charge < -0.3 is 5.32 Å². The topological polar surface area (TPSA) is 29.1 Å². The molecule has 0 bridgehead atoms. The first-order valence-electron chi connectivity index (χ1n) is 5.73. The minimum Gasteiger partial charge on any atom is -0.356 e. The van der Waals surface area contributed by atoms with E-state index in [1.54, 1.807) is 0 Å². The van der Waals surface area contributed by atoms with Crippen molar-refractivity contribution in [2.45, 2.75) is 32.6 Å². The van der Waals surface area contributed by atoms with Crippen LogP contribution in [0.15, 0.2) is 24.3 Å². The van der Waals surface area contributed by atoms with Crippen LogP contribution in [0.3, 0.4) is 0 Å². The van der Waals surface area contributed by atoms with E-state index in [4.69, 9.17) is 11.6 Å². The van der Waals surface area contributed by atoms with Crippen molar-refractivity contribution in [2.75, 3.05) is 6.54 Å². The number of benzene rings is 1. The SMILES string of the molecule is CCCCC(=O)NCCc1ccc(Cl)cc1. The third-order valence-electron chi connectivity index (χ3n) is 2.41. The molecule has 3 heteroatoms. The van der Waals surface area contributed by atoms with Gasteiger partial charge in [-0.25, -0.2) is 0 Å². The molecule has 0 aliphatic heterocycles. The molecular formula is C13H18ClNO. The normalized spacial score (nSPS) is 10.1. The largest absolute Gasteiger partial charge is 0.356 e. The molecule has 1 N–H and O–H groups in total. The Morgan fingerprint density at radius 2 is 2.00 bits per heavy atom. The molecule has 0 unspecified atom stereocenters. The van der Waals surface area contributed by atoms with Crippen LogP contribution in [0.1, 0.15) is 31.7 Å². The summed E-state index contributed by atoms with van der Waals surface area (Å²) in [6.07, 6.45) is 3.52. The summed E-state index contributed by atoms with van der Waals surface area (Å²) in [5.41, 5.74) is 1.19. The number of unbranched alkanes of at least 4 members (excludes halogenated alkanes) is 1. The second kappa shape index (κ2) is 7.29. The van der Waals surface area contributed by atoms with Crippen LogP contribution in [-0.4, -0.2) is 12.5 Å². The Morgan fingerprint density at radius 1 is 1.31 bits per heavy atom. The summed E-state index contributed by atoms with van der Waals surface area (Å²) in [5.74, 6) is 0.149. The number of carbonyl (C=O) groups is 1. The Balaban J connectivity index is 2.20. The molecule has 0 fully saturated rings. The third kappa shape index (κ3) is 5.17. The molecule has 0 aliphatic carbocycles. The summed E-state index contributed by atoms with van der Waals surface area (Å²) in [7, 11) is 0. The first-order chi connectivity index (χ1) is 7.72. The Morgan fingerprint density at radius 3 is 2.62 bits per heavy atom. The highest BCUT2D eigenvalue weighted by Gasteiger charge is 1.99. The Labute approximate surface area is 102 Å². The van der Waals surface area contributed by atoms with Gasteiger partial charge >= 0.3 is 0 Å². The van der Waals surface area contributed by atoms with Gasteiger partial charge in [0, 0.05) is 18.0 Å². The number of carbonyl (C=O) groups excluding carboxylic acids is 1. The quantitative estimate of drug-likeness (QED) is 0.812. The molecule has 0 radical (unpaired) electrons. The maximum atomic E-state index is 11.3. The minimum absolute atomic E-state index is 0.149. The first kappa shape index (κ1) is 13.0. The molecule has 1 rings (SSSR count). The van der Waals surface area contributed by atoms with Crippen molar-refractivity contribution < 1.29 is 4.79 Å². The van der Waals surface area contributed by atoms with Gasteiger partial charge in [0.05, 0.1) is 0 Å². The van der Waals surface area contributed by atoms with E-state index < -0.39 is 0 Å². The van der Waals surface area contributed by atoms with Crippen molar-refractivity contribution in [1.82, 2.24) is 5.32 Å². The van der Waals surface area contributed by atoms with E-state index >= 15 is 0 Å². The maximum Gasteiger partial charge on any atom is 0.220 e. The highest BCUT2D eigenvalue weighted by Crippen LogP contribution is 2.09. The summed E-state index contributed by atoms with van der Waals surface area (Å²) in [5, 5.41) is 3.65. The minimum atomic E-state index is 0.149. The lowest BCUT2D eigenvalue weighted by atomic mass is 10.1. The lowest BCUT2D eigenvalue weighted by molar-refractivity contribution is -0.121. The molecular weight excluding hydrogens is 222 g/mol. The van der Waals surface area contributed by atoms with Crippen LogP contribution in [-0.2, 0) is 11.2 Å². The highest BCUT2D eigenvalue weighted by molar-refractivity contribution is 6.30. The summed E-state index contributed by atoms with van der Waals surface area (Å²) >= 11 is 5.78. The van der Waals surface area contributed by atoms with E-state index in [1.165, 1.54) is 5.56 Å². The van der Waals surface area contributed by atoms with Crippen molar-refractivity contribution in [2.24, 2.45) is 0 Å². The predicted octanol–water partition coefficient (Wildman–Crippen LogP) is 3.19. The lowest BCUT2D eigenvalue weighted by Gasteiger charge is -2.04. The zero-order valence-corrected chi connectivity index (χ0v) is 10.4. The fourth-order valence-corrected chi connectivity index (χ4v) is 1.55. The van der Waals surface area contributed by atoms with Gasteiger partial charge in [-0.2, -0.15) is 0 Å². The lowest BCUT2D eigenvalue weighted by Crippen LogP contribution is -2.25. The van der Waals surface area contributed by atoms with Gasteiger partial charge in [0.15, 0.2) is 0 Å². The van der Waals surface area contributed by atoms with Crippen molar-refractivity contribution >= 4 is 17.5 Å². The van der Waals surface area contributed by atoms with Crippen molar-refractivity contribution in [3.63, 3.8) is 0 Å². The smallest absolute Gasteiger partial charge is 0.220 e. The van der Waals surface area contributed by atoms with Gasteiger partial charge in [-0.05, 0) is 30.5 Å². The van der Waals surface area contributed by atoms with Gasteiger partial charge in [-0.1, -0.05) is 37.1 Å². The molecule has 0 atom stereocenters. The van der Waals surface area contributed by atoms with Crippen molar-refractivity contribution in [3.8, 4) is 0 Å². The zero-order valence-electron chi connectivity index (χ0n) is 9.63. The fraction of sp³-hybridized carbons (Fsp3) is 0.462. The molecule has 88 valence electrons. The highest BCUT2D eigenvalue weighted by atomic mass is 35.5. The summed E-state index contributed by atoms with van der Waals surface area (Å²) in [4.78, 5) is 11.3. The summed E-state index contributed by atoms with van der Waals surface area (Å²) in [6, 6.07) is 7.71. The second-order valence-electron chi connectivity index (χ2n) is 3.83. The molecule has 1 aromatic carbocycles. The van der Waals surface area contributed by atoms with Crippen LogP contribution >= 0.6 is 11.6 Å². The predicted molar refractivity (Wildman–Crippen MR) is 67.7 cm³/mol. The molecule has 1 amide bonds. The summed E-state index contributed by atoms with van der Waals surface area (Å²) < 4.78 is 0. The number of hydrogen-bond donors (Lipinski definition) is 1. The molecule has 0 spiro atoms. The summed E-state index contributed by atoms with van der Waals surface area (Å²) in [6.45, 7) is 2.78. The van der Waals surface area contributed by atoms with E-state index in [0.29, 0.717) is 13.0 Å². The molecule has 0 aliphatic rings. The van der Waals surface area contributed by atoms with Gasteiger partial charge in [0.25, 0.3) is 0 Å². The molecule has 0 saturated heterocycles. The third-order valence-corrected chi connectivity index (χ3v) is 2.66. The first-order valence-corrected chi connectivity index (χ1v) is 6.11. The second-order valence-corrected chi connectivity index (χ2v) is 4.27. The molecule has 16 heavy (non-hydrogen) atoms. The maximum absolute atomic E-state index is 11.3.